The molecule has 0 aliphatic heterocycles. The predicted molar refractivity (Wildman–Crippen MR) is 59.0 cm³/mol. The Morgan fingerprint density at radius 2 is 2.00 bits per heavy atom. The summed E-state index contributed by atoms with van der Waals surface area (Å²) in [6, 6.07) is 3.04. The van der Waals surface area contributed by atoms with Crippen LogP contribution in [0.3, 0.4) is 0 Å². The summed E-state index contributed by atoms with van der Waals surface area (Å²) in [6.45, 7) is 4.42. The maximum Gasteiger partial charge on any atom is 0.0635 e. The third-order valence-electron chi connectivity index (χ3n) is 3.15. The fourth-order valence-corrected chi connectivity index (χ4v) is 2.30. The zero-order valence-electron chi connectivity index (χ0n) is 9.34. The Kier molecular flexibility index (Phi) is 5.63. The normalized spacial score (nSPS) is 17.5. The van der Waals surface area contributed by atoms with Crippen LogP contribution in [0.25, 0.3) is 0 Å². The SMILES string of the molecule is CCCCN(CCC#N)C1CCCC1. The molecule has 1 saturated carbocycles. The molecule has 0 aromatic heterocycles. The molecule has 0 saturated heterocycles. The Bertz CT molecular complexity index is 177. The van der Waals surface area contributed by atoms with E-state index in [0.717, 1.165) is 12.6 Å². The monoisotopic (exact) mass is 194 g/mol. The van der Waals surface area contributed by atoms with Crippen molar-refractivity contribution in [3.63, 3.8) is 0 Å². The topological polar surface area (TPSA) is 27.0 Å². The molecule has 0 unspecified atom stereocenters. The highest BCUT2D eigenvalue weighted by Gasteiger charge is 2.21. The molecule has 0 heterocycles. The summed E-state index contributed by atoms with van der Waals surface area (Å²) >= 11 is 0. The quantitative estimate of drug-likeness (QED) is 0.650. The summed E-state index contributed by atoms with van der Waals surface area (Å²) in [5, 5.41) is 8.61. The van der Waals surface area contributed by atoms with E-state index < -0.39 is 0 Å². The number of nitriles is 1. The number of rotatable bonds is 6. The second kappa shape index (κ2) is 6.84. The van der Waals surface area contributed by atoms with Crippen molar-refractivity contribution in [2.45, 2.75) is 57.9 Å². The fourth-order valence-electron chi connectivity index (χ4n) is 2.30. The van der Waals surface area contributed by atoms with Gasteiger partial charge in [0.25, 0.3) is 0 Å². The maximum absolute atomic E-state index is 8.61. The third-order valence-corrected chi connectivity index (χ3v) is 3.15. The van der Waals surface area contributed by atoms with Gasteiger partial charge in [-0.05, 0) is 25.8 Å². The van der Waals surface area contributed by atoms with E-state index in [9.17, 15) is 0 Å². The standard InChI is InChI=1S/C12H22N2/c1-2-3-10-14(11-6-9-13)12-7-4-5-8-12/h12H,2-8,10-11H2,1H3. The van der Waals surface area contributed by atoms with Crippen LogP contribution in [0.2, 0.25) is 0 Å². The molecule has 0 amide bonds. The van der Waals surface area contributed by atoms with Gasteiger partial charge >= 0.3 is 0 Å². The van der Waals surface area contributed by atoms with Gasteiger partial charge in [0.15, 0.2) is 0 Å². The molecule has 0 N–H and O–H groups in total. The summed E-state index contributed by atoms with van der Waals surface area (Å²) in [7, 11) is 0. The molecule has 1 rings (SSSR count). The van der Waals surface area contributed by atoms with E-state index in [2.05, 4.69) is 17.9 Å². The van der Waals surface area contributed by atoms with Crippen molar-refractivity contribution in [2.24, 2.45) is 0 Å². The van der Waals surface area contributed by atoms with E-state index in [1.54, 1.807) is 0 Å². The minimum absolute atomic E-state index is 0.695. The van der Waals surface area contributed by atoms with Crippen molar-refractivity contribution in [1.29, 1.82) is 5.26 Å². The van der Waals surface area contributed by atoms with Crippen molar-refractivity contribution < 1.29 is 0 Å². The lowest BCUT2D eigenvalue weighted by Gasteiger charge is -2.27. The Balaban J connectivity index is 2.30. The second-order valence-corrected chi connectivity index (χ2v) is 4.24. The molecule has 1 aliphatic carbocycles. The van der Waals surface area contributed by atoms with E-state index in [1.165, 1.54) is 45.1 Å². The van der Waals surface area contributed by atoms with Crippen LogP contribution in [0.1, 0.15) is 51.9 Å². The molecule has 2 heteroatoms. The number of unbranched alkanes of at least 4 members (excludes halogenated alkanes) is 1. The smallest absolute Gasteiger partial charge is 0.0635 e. The molecule has 14 heavy (non-hydrogen) atoms. The molecule has 1 fully saturated rings. The van der Waals surface area contributed by atoms with Crippen LogP contribution in [0, 0.1) is 11.3 Å². The van der Waals surface area contributed by atoms with Gasteiger partial charge in [-0.15, -0.1) is 0 Å². The van der Waals surface area contributed by atoms with Gasteiger partial charge < -0.3 is 0 Å². The average Bonchev–Trinajstić information content (AvgIpc) is 2.71. The van der Waals surface area contributed by atoms with Crippen LogP contribution in [0.5, 0.6) is 0 Å². The molecule has 0 spiro atoms. The molecule has 0 atom stereocenters. The van der Waals surface area contributed by atoms with Gasteiger partial charge in [0, 0.05) is 19.0 Å². The van der Waals surface area contributed by atoms with E-state index in [-0.39, 0.29) is 0 Å². The molecule has 0 radical (unpaired) electrons. The average molecular weight is 194 g/mol. The van der Waals surface area contributed by atoms with Gasteiger partial charge in [0.1, 0.15) is 0 Å². The van der Waals surface area contributed by atoms with Gasteiger partial charge in [-0.2, -0.15) is 5.26 Å². The Morgan fingerprint density at radius 3 is 2.57 bits per heavy atom. The van der Waals surface area contributed by atoms with Gasteiger partial charge in [-0.3, -0.25) is 4.90 Å². The molecule has 0 bridgehead atoms. The first-order valence-corrected chi connectivity index (χ1v) is 5.99. The molecule has 0 aromatic rings. The van der Waals surface area contributed by atoms with Crippen LogP contribution < -0.4 is 0 Å². The highest BCUT2D eigenvalue weighted by Crippen LogP contribution is 2.23. The zero-order valence-corrected chi connectivity index (χ0v) is 9.34. The Hall–Kier alpha value is -0.550. The fraction of sp³-hybridized carbons (Fsp3) is 0.917. The van der Waals surface area contributed by atoms with E-state index >= 15 is 0 Å². The highest BCUT2D eigenvalue weighted by atomic mass is 15.1. The number of nitrogens with zero attached hydrogens (tertiary/aromatic N) is 2. The van der Waals surface area contributed by atoms with E-state index in [1.807, 2.05) is 0 Å². The third kappa shape index (κ3) is 3.67. The molecule has 0 aromatic carbocycles. The lowest BCUT2D eigenvalue weighted by atomic mass is 10.2. The minimum Gasteiger partial charge on any atom is -0.299 e. The Labute approximate surface area is 87.9 Å². The molecule has 1 aliphatic rings. The lowest BCUT2D eigenvalue weighted by molar-refractivity contribution is 0.200. The van der Waals surface area contributed by atoms with Crippen LogP contribution in [0.4, 0.5) is 0 Å². The molecule has 2 nitrogen and oxygen atoms in total. The van der Waals surface area contributed by atoms with Gasteiger partial charge in [0.2, 0.25) is 0 Å². The zero-order chi connectivity index (χ0) is 10.2. The molecular formula is C12H22N2. The molecule has 80 valence electrons. The molecular weight excluding hydrogens is 172 g/mol. The maximum atomic E-state index is 8.61. The van der Waals surface area contributed by atoms with Gasteiger partial charge in [-0.25, -0.2) is 0 Å². The number of hydrogen-bond acceptors (Lipinski definition) is 2. The van der Waals surface area contributed by atoms with Crippen molar-refractivity contribution in [3.8, 4) is 6.07 Å². The first-order valence-electron chi connectivity index (χ1n) is 5.99. The van der Waals surface area contributed by atoms with E-state index in [4.69, 9.17) is 5.26 Å². The Morgan fingerprint density at radius 1 is 1.29 bits per heavy atom. The van der Waals surface area contributed by atoms with Crippen molar-refractivity contribution in [2.75, 3.05) is 13.1 Å². The first-order chi connectivity index (χ1) is 6.88. The first kappa shape index (κ1) is 11.5. The summed E-state index contributed by atoms with van der Waals surface area (Å²) in [4.78, 5) is 2.54. The van der Waals surface area contributed by atoms with Crippen molar-refractivity contribution in [3.05, 3.63) is 0 Å². The van der Waals surface area contributed by atoms with E-state index in [0.29, 0.717) is 6.42 Å². The second-order valence-electron chi connectivity index (χ2n) is 4.24. The largest absolute Gasteiger partial charge is 0.299 e. The highest BCUT2D eigenvalue weighted by molar-refractivity contribution is 4.80. The summed E-state index contributed by atoms with van der Waals surface area (Å²) in [5.41, 5.74) is 0. The van der Waals surface area contributed by atoms with Crippen LogP contribution in [0.15, 0.2) is 0 Å². The lowest BCUT2D eigenvalue weighted by Crippen LogP contribution is -2.34. The van der Waals surface area contributed by atoms with Gasteiger partial charge in [0.05, 0.1) is 6.07 Å². The summed E-state index contributed by atoms with van der Waals surface area (Å²) in [5.74, 6) is 0. The minimum atomic E-state index is 0.695. The summed E-state index contributed by atoms with van der Waals surface area (Å²) in [6.07, 6.45) is 8.72. The van der Waals surface area contributed by atoms with Crippen LogP contribution in [-0.2, 0) is 0 Å². The van der Waals surface area contributed by atoms with Crippen molar-refractivity contribution in [1.82, 2.24) is 4.90 Å². The van der Waals surface area contributed by atoms with Gasteiger partial charge in [-0.1, -0.05) is 26.2 Å². The summed E-state index contributed by atoms with van der Waals surface area (Å²) < 4.78 is 0. The van der Waals surface area contributed by atoms with Crippen LogP contribution in [-0.4, -0.2) is 24.0 Å². The van der Waals surface area contributed by atoms with Crippen molar-refractivity contribution >= 4 is 0 Å². The number of hydrogen-bond donors (Lipinski definition) is 0. The van der Waals surface area contributed by atoms with Crippen LogP contribution >= 0.6 is 0 Å². The predicted octanol–water partition coefficient (Wildman–Crippen LogP) is 2.94.